The van der Waals surface area contributed by atoms with Crippen molar-refractivity contribution < 1.29 is 19.1 Å². The second kappa shape index (κ2) is 6.18. The third-order valence-electron chi connectivity index (χ3n) is 3.46. The van der Waals surface area contributed by atoms with Crippen LogP contribution in [0.5, 0.6) is 0 Å². The number of aromatic nitrogens is 1. The van der Waals surface area contributed by atoms with Gasteiger partial charge in [0, 0.05) is 21.5 Å². The molecule has 3 aromatic rings. The maximum absolute atomic E-state index is 12.1. The Hall–Kier alpha value is -2.73. The zero-order valence-electron chi connectivity index (χ0n) is 11.9. The van der Waals surface area contributed by atoms with Crippen LogP contribution < -0.4 is 5.32 Å². The Morgan fingerprint density at radius 1 is 1.30 bits per heavy atom. The first-order valence-electron chi connectivity index (χ1n) is 6.87. The number of H-pyrrole nitrogens is 1. The summed E-state index contributed by atoms with van der Waals surface area (Å²) in [6.07, 6.45) is 1.45. The largest absolute Gasteiger partial charge is 0.477 e. The Balaban J connectivity index is 1.85. The Morgan fingerprint density at radius 3 is 2.83 bits per heavy atom. The molecule has 0 unspecified atom stereocenters. The predicted octanol–water partition coefficient (Wildman–Crippen LogP) is 2.97. The number of hydrogen-bond donors (Lipinski definition) is 3. The van der Waals surface area contributed by atoms with Crippen molar-refractivity contribution in [2.24, 2.45) is 0 Å². The van der Waals surface area contributed by atoms with Crippen LogP contribution in [0.15, 0.2) is 41.0 Å². The van der Waals surface area contributed by atoms with Crippen molar-refractivity contribution in [3.8, 4) is 0 Å². The van der Waals surface area contributed by atoms with Crippen molar-refractivity contribution in [2.75, 3.05) is 0 Å². The van der Waals surface area contributed by atoms with E-state index in [9.17, 15) is 14.7 Å². The summed E-state index contributed by atoms with van der Waals surface area (Å²) in [6.45, 7) is 0.247. The number of aromatic amines is 1. The standard InChI is InChI=1S/C16H13ClN2O4/c17-9-3-4-13-11(6-9)12(15(19-13)16(21)22)7-14(20)18-8-10-2-1-5-23-10/h1-6,19H,7-8H2,(H,18,20)(H,21,22). The van der Waals surface area contributed by atoms with Crippen molar-refractivity contribution >= 4 is 34.4 Å². The summed E-state index contributed by atoms with van der Waals surface area (Å²) in [7, 11) is 0. The van der Waals surface area contributed by atoms with E-state index in [1.54, 1.807) is 30.3 Å². The predicted molar refractivity (Wildman–Crippen MR) is 84.5 cm³/mol. The second-order valence-electron chi connectivity index (χ2n) is 5.01. The van der Waals surface area contributed by atoms with E-state index in [4.69, 9.17) is 16.0 Å². The van der Waals surface area contributed by atoms with Gasteiger partial charge in [-0.2, -0.15) is 0 Å². The summed E-state index contributed by atoms with van der Waals surface area (Å²) in [5.41, 5.74) is 1.03. The maximum atomic E-state index is 12.1. The van der Waals surface area contributed by atoms with Crippen LogP contribution in [-0.4, -0.2) is 22.0 Å². The molecule has 0 atom stereocenters. The molecule has 1 aromatic carbocycles. The molecule has 0 aliphatic heterocycles. The van der Waals surface area contributed by atoms with Crippen LogP contribution in [0, 0.1) is 0 Å². The van der Waals surface area contributed by atoms with Gasteiger partial charge in [0.2, 0.25) is 5.91 Å². The Kier molecular flexibility index (Phi) is 4.08. The zero-order chi connectivity index (χ0) is 16.4. The minimum atomic E-state index is -1.12. The topological polar surface area (TPSA) is 95.3 Å². The van der Waals surface area contributed by atoms with Gasteiger partial charge in [-0.25, -0.2) is 4.79 Å². The highest BCUT2D eigenvalue weighted by molar-refractivity contribution is 6.31. The van der Waals surface area contributed by atoms with Crippen molar-refractivity contribution in [1.29, 1.82) is 0 Å². The van der Waals surface area contributed by atoms with Crippen LogP contribution in [0.1, 0.15) is 21.8 Å². The maximum Gasteiger partial charge on any atom is 0.352 e. The normalized spacial score (nSPS) is 10.8. The highest BCUT2D eigenvalue weighted by Gasteiger charge is 2.19. The van der Waals surface area contributed by atoms with E-state index >= 15 is 0 Å². The number of aromatic carboxylic acids is 1. The number of carboxylic acids is 1. The van der Waals surface area contributed by atoms with E-state index in [0.717, 1.165) is 0 Å². The highest BCUT2D eigenvalue weighted by atomic mass is 35.5. The summed E-state index contributed by atoms with van der Waals surface area (Å²) < 4.78 is 5.13. The number of carbonyl (C=O) groups excluding carboxylic acids is 1. The van der Waals surface area contributed by atoms with Crippen molar-refractivity contribution in [3.63, 3.8) is 0 Å². The van der Waals surface area contributed by atoms with Crippen LogP contribution in [-0.2, 0) is 17.8 Å². The minimum absolute atomic E-state index is 0.00425. The molecular weight excluding hydrogens is 320 g/mol. The monoisotopic (exact) mass is 332 g/mol. The van der Waals surface area contributed by atoms with E-state index in [1.165, 1.54) is 6.26 Å². The summed E-state index contributed by atoms with van der Waals surface area (Å²) in [5, 5.41) is 13.1. The SMILES string of the molecule is O=C(Cc1c(C(=O)O)[nH]c2ccc(Cl)cc12)NCc1ccco1. The van der Waals surface area contributed by atoms with Crippen molar-refractivity contribution in [1.82, 2.24) is 10.3 Å². The van der Waals surface area contributed by atoms with Crippen molar-refractivity contribution in [3.05, 3.63) is 58.6 Å². The van der Waals surface area contributed by atoms with Gasteiger partial charge >= 0.3 is 5.97 Å². The molecule has 0 aliphatic rings. The summed E-state index contributed by atoms with van der Waals surface area (Å²) in [5.74, 6) is -0.797. The number of hydrogen-bond acceptors (Lipinski definition) is 3. The Bertz CT molecular complexity index is 868. The van der Waals surface area contributed by atoms with Crippen LogP contribution in [0.3, 0.4) is 0 Å². The molecule has 0 aliphatic carbocycles. The lowest BCUT2D eigenvalue weighted by Crippen LogP contribution is -2.25. The summed E-state index contributed by atoms with van der Waals surface area (Å²) in [6, 6.07) is 8.47. The Morgan fingerprint density at radius 2 is 2.13 bits per heavy atom. The van der Waals surface area contributed by atoms with E-state index in [1.807, 2.05) is 0 Å². The molecule has 23 heavy (non-hydrogen) atoms. The number of rotatable bonds is 5. The first-order chi connectivity index (χ1) is 11.0. The third kappa shape index (κ3) is 3.22. The molecule has 0 spiro atoms. The summed E-state index contributed by atoms with van der Waals surface area (Å²) >= 11 is 5.97. The van der Waals surface area contributed by atoms with Gasteiger partial charge in [0.1, 0.15) is 11.5 Å². The molecule has 0 bridgehead atoms. The molecule has 6 nitrogen and oxygen atoms in total. The number of carboxylic acid groups (broad SMARTS) is 1. The van der Waals surface area contributed by atoms with E-state index < -0.39 is 5.97 Å². The number of benzene rings is 1. The average molecular weight is 333 g/mol. The lowest BCUT2D eigenvalue weighted by molar-refractivity contribution is -0.120. The van der Waals surface area contributed by atoms with Crippen LogP contribution in [0.4, 0.5) is 0 Å². The van der Waals surface area contributed by atoms with Gasteiger partial charge in [-0.05, 0) is 30.3 Å². The van der Waals surface area contributed by atoms with Crippen molar-refractivity contribution in [2.45, 2.75) is 13.0 Å². The lowest BCUT2D eigenvalue weighted by atomic mass is 10.1. The fourth-order valence-corrected chi connectivity index (χ4v) is 2.58. The first kappa shape index (κ1) is 15.2. The van der Waals surface area contributed by atoms with Gasteiger partial charge in [0.05, 0.1) is 19.2 Å². The molecule has 0 radical (unpaired) electrons. The zero-order valence-corrected chi connectivity index (χ0v) is 12.7. The molecule has 0 saturated carbocycles. The fourth-order valence-electron chi connectivity index (χ4n) is 2.41. The third-order valence-corrected chi connectivity index (χ3v) is 3.69. The minimum Gasteiger partial charge on any atom is -0.477 e. The number of carbonyl (C=O) groups is 2. The van der Waals surface area contributed by atoms with Crippen LogP contribution in [0.25, 0.3) is 10.9 Å². The summed E-state index contributed by atoms with van der Waals surface area (Å²) in [4.78, 5) is 26.3. The van der Waals surface area contributed by atoms with Gasteiger partial charge in [0.25, 0.3) is 0 Å². The van der Waals surface area contributed by atoms with Gasteiger partial charge < -0.3 is 19.8 Å². The smallest absolute Gasteiger partial charge is 0.352 e. The molecule has 0 saturated heterocycles. The molecule has 3 N–H and O–H groups in total. The molecule has 1 amide bonds. The Labute approximate surface area is 136 Å². The number of amides is 1. The highest BCUT2D eigenvalue weighted by Crippen LogP contribution is 2.26. The lowest BCUT2D eigenvalue weighted by Gasteiger charge is -2.04. The number of halogens is 1. The molecule has 3 rings (SSSR count). The van der Waals surface area contributed by atoms with E-state index in [2.05, 4.69) is 10.3 Å². The van der Waals surface area contributed by atoms with Crippen LogP contribution >= 0.6 is 11.6 Å². The van der Waals surface area contributed by atoms with E-state index in [0.29, 0.717) is 27.2 Å². The number of furan rings is 1. The van der Waals surface area contributed by atoms with E-state index in [-0.39, 0.29) is 24.6 Å². The van der Waals surface area contributed by atoms with Crippen LogP contribution in [0.2, 0.25) is 5.02 Å². The molecule has 0 fully saturated rings. The van der Waals surface area contributed by atoms with Gasteiger partial charge in [0.15, 0.2) is 0 Å². The van der Waals surface area contributed by atoms with Gasteiger partial charge in [-0.3, -0.25) is 4.79 Å². The molecule has 118 valence electrons. The molecule has 2 heterocycles. The molecule has 7 heteroatoms. The fraction of sp³-hybridized carbons (Fsp3) is 0.125. The quantitative estimate of drug-likeness (QED) is 0.669. The molecule has 2 aromatic heterocycles. The van der Waals surface area contributed by atoms with Gasteiger partial charge in [-0.1, -0.05) is 11.6 Å². The van der Waals surface area contributed by atoms with Gasteiger partial charge in [-0.15, -0.1) is 0 Å². The average Bonchev–Trinajstić information content (AvgIpc) is 3.13. The number of nitrogens with one attached hydrogen (secondary N) is 2. The number of fused-ring (bicyclic) bond motifs is 1. The molecular formula is C16H13ClN2O4. The first-order valence-corrected chi connectivity index (χ1v) is 7.25. The second-order valence-corrected chi connectivity index (χ2v) is 5.44.